The third-order valence-corrected chi connectivity index (χ3v) is 4.65. The van der Waals surface area contributed by atoms with E-state index in [9.17, 15) is 9.59 Å². The molecular weight excluding hydrogens is 288 g/mol. The Hall–Kier alpha value is -1.84. The molecule has 1 aromatic carbocycles. The van der Waals surface area contributed by atoms with Gasteiger partial charge in [0.25, 0.3) is 5.91 Å². The van der Waals surface area contributed by atoms with Crippen LogP contribution in [-0.4, -0.2) is 29.8 Å². The summed E-state index contributed by atoms with van der Waals surface area (Å²) in [4.78, 5) is 26.6. The normalized spacial score (nSPS) is 15.3. The number of likely N-dealkylation sites (tertiary alicyclic amines) is 1. The summed E-state index contributed by atoms with van der Waals surface area (Å²) in [5.41, 5.74) is 1.46. The average molecular weight is 316 g/mol. The molecule has 1 aromatic rings. The Kier molecular flexibility index (Phi) is 6.63. The van der Waals surface area contributed by atoms with Gasteiger partial charge in [-0.05, 0) is 49.9 Å². The zero-order valence-electron chi connectivity index (χ0n) is 14.3. The summed E-state index contributed by atoms with van der Waals surface area (Å²) in [6.45, 7) is 5.76. The summed E-state index contributed by atoms with van der Waals surface area (Å²) in [5, 5.41) is 2.94. The van der Waals surface area contributed by atoms with Crippen molar-refractivity contribution in [1.29, 1.82) is 0 Å². The van der Waals surface area contributed by atoms with Crippen molar-refractivity contribution in [2.45, 2.75) is 52.4 Å². The predicted octanol–water partition coefficient (Wildman–Crippen LogP) is 4.08. The molecule has 0 bridgehead atoms. The number of hydrogen-bond acceptors (Lipinski definition) is 2. The quantitative estimate of drug-likeness (QED) is 0.890. The number of amides is 2. The van der Waals surface area contributed by atoms with E-state index in [1.54, 1.807) is 0 Å². The number of carbonyl (C=O) groups is 2. The third kappa shape index (κ3) is 4.81. The third-order valence-electron chi connectivity index (χ3n) is 4.65. The Bertz CT molecular complexity index is 513. The summed E-state index contributed by atoms with van der Waals surface area (Å²) in [6.07, 6.45) is 6.29. The fourth-order valence-corrected chi connectivity index (χ4v) is 3.06. The van der Waals surface area contributed by atoms with E-state index < -0.39 is 0 Å². The highest BCUT2D eigenvalue weighted by Crippen LogP contribution is 2.17. The summed E-state index contributed by atoms with van der Waals surface area (Å²) >= 11 is 0. The Morgan fingerprint density at radius 1 is 1.00 bits per heavy atom. The molecule has 23 heavy (non-hydrogen) atoms. The molecule has 0 aromatic heterocycles. The Labute approximate surface area is 139 Å². The molecule has 126 valence electrons. The monoisotopic (exact) mass is 316 g/mol. The topological polar surface area (TPSA) is 49.4 Å². The molecule has 1 heterocycles. The summed E-state index contributed by atoms with van der Waals surface area (Å²) in [5.74, 6) is 0.208. The molecule has 1 N–H and O–H groups in total. The van der Waals surface area contributed by atoms with Gasteiger partial charge in [-0.2, -0.15) is 0 Å². The number of nitrogens with zero attached hydrogens (tertiary/aromatic N) is 1. The first kappa shape index (κ1) is 17.5. The molecule has 0 radical (unpaired) electrons. The van der Waals surface area contributed by atoms with Crippen molar-refractivity contribution in [3.8, 4) is 0 Å². The lowest BCUT2D eigenvalue weighted by Gasteiger charge is -2.20. The van der Waals surface area contributed by atoms with E-state index in [2.05, 4.69) is 5.32 Å². The van der Waals surface area contributed by atoms with Gasteiger partial charge >= 0.3 is 0 Å². The van der Waals surface area contributed by atoms with Crippen molar-refractivity contribution in [3.63, 3.8) is 0 Å². The van der Waals surface area contributed by atoms with Gasteiger partial charge in [-0.25, -0.2) is 0 Å². The molecule has 0 atom stereocenters. The van der Waals surface area contributed by atoms with Crippen molar-refractivity contribution in [3.05, 3.63) is 29.8 Å². The lowest BCUT2D eigenvalue weighted by Crippen LogP contribution is -2.31. The SMILES string of the molecule is CCC(CC)C(=O)Nc1ccc(C(=O)N2CCCCCC2)cc1. The van der Waals surface area contributed by atoms with E-state index in [-0.39, 0.29) is 17.7 Å². The number of rotatable bonds is 5. The molecule has 0 aliphatic carbocycles. The fraction of sp³-hybridized carbons (Fsp3) is 0.579. The summed E-state index contributed by atoms with van der Waals surface area (Å²) < 4.78 is 0. The van der Waals surface area contributed by atoms with Gasteiger partial charge in [-0.3, -0.25) is 9.59 Å². The Balaban J connectivity index is 1.98. The van der Waals surface area contributed by atoms with Gasteiger partial charge in [0.1, 0.15) is 0 Å². The van der Waals surface area contributed by atoms with E-state index in [1.807, 2.05) is 43.0 Å². The van der Waals surface area contributed by atoms with Gasteiger partial charge in [0, 0.05) is 30.3 Å². The Morgan fingerprint density at radius 3 is 2.09 bits per heavy atom. The molecular formula is C19H28N2O2. The molecule has 0 spiro atoms. The van der Waals surface area contributed by atoms with Crippen molar-refractivity contribution >= 4 is 17.5 Å². The van der Waals surface area contributed by atoms with Crippen molar-refractivity contribution < 1.29 is 9.59 Å². The number of nitrogens with one attached hydrogen (secondary N) is 1. The number of hydrogen-bond donors (Lipinski definition) is 1. The highest BCUT2D eigenvalue weighted by atomic mass is 16.2. The molecule has 4 nitrogen and oxygen atoms in total. The molecule has 1 aliphatic heterocycles. The molecule has 0 saturated carbocycles. The van der Waals surface area contributed by atoms with Crippen LogP contribution in [0.5, 0.6) is 0 Å². The number of carbonyl (C=O) groups excluding carboxylic acids is 2. The molecule has 1 saturated heterocycles. The molecule has 1 aliphatic rings. The molecule has 2 amide bonds. The van der Waals surface area contributed by atoms with Crippen LogP contribution in [0.2, 0.25) is 0 Å². The molecule has 0 unspecified atom stereocenters. The number of benzene rings is 1. The van der Waals surface area contributed by atoms with Crippen LogP contribution in [0.25, 0.3) is 0 Å². The van der Waals surface area contributed by atoms with Gasteiger partial charge in [0.2, 0.25) is 5.91 Å². The highest BCUT2D eigenvalue weighted by Gasteiger charge is 2.18. The minimum absolute atomic E-state index is 0.0495. The zero-order chi connectivity index (χ0) is 16.7. The average Bonchev–Trinajstić information content (AvgIpc) is 2.85. The van der Waals surface area contributed by atoms with E-state index in [0.29, 0.717) is 5.56 Å². The fourth-order valence-electron chi connectivity index (χ4n) is 3.06. The van der Waals surface area contributed by atoms with Crippen molar-refractivity contribution in [2.24, 2.45) is 5.92 Å². The molecule has 1 fully saturated rings. The second-order valence-corrected chi connectivity index (χ2v) is 6.29. The number of anilines is 1. The van der Waals surface area contributed by atoms with Crippen LogP contribution in [0.4, 0.5) is 5.69 Å². The van der Waals surface area contributed by atoms with E-state index in [1.165, 1.54) is 12.8 Å². The minimum Gasteiger partial charge on any atom is -0.339 e. The van der Waals surface area contributed by atoms with Crippen LogP contribution >= 0.6 is 0 Å². The van der Waals surface area contributed by atoms with E-state index in [4.69, 9.17) is 0 Å². The van der Waals surface area contributed by atoms with Crippen LogP contribution < -0.4 is 5.32 Å². The second-order valence-electron chi connectivity index (χ2n) is 6.29. The maximum Gasteiger partial charge on any atom is 0.253 e. The van der Waals surface area contributed by atoms with Crippen LogP contribution in [-0.2, 0) is 4.79 Å². The predicted molar refractivity (Wildman–Crippen MR) is 93.5 cm³/mol. The zero-order valence-corrected chi connectivity index (χ0v) is 14.3. The van der Waals surface area contributed by atoms with Crippen LogP contribution in [0, 0.1) is 5.92 Å². The van der Waals surface area contributed by atoms with Crippen molar-refractivity contribution in [1.82, 2.24) is 4.90 Å². The maximum atomic E-state index is 12.5. The summed E-state index contributed by atoms with van der Waals surface area (Å²) in [7, 11) is 0. The van der Waals surface area contributed by atoms with Gasteiger partial charge in [-0.15, -0.1) is 0 Å². The Morgan fingerprint density at radius 2 is 1.57 bits per heavy atom. The lowest BCUT2D eigenvalue weighted by molar-refractivity contribution is -0.120. The smallest absolute Gasteiger partial charge is 0.253 e. The molecule has 4 heteroatoms. The van der Waals surface area contributed by atoms with E-state index in [0.717, 1.165) is 44.5 Å². The summed E-state index contributed by atoms with van der Waals surface area (Å²) in [6, 6.07) is 7.28. The van der Waals surface area contributed by atoms with Gasteiger partial charge < -0.3 is 10.2 Å². The standard InChI is InChI=1S/C19H28N2O2/c1-3-15(4-2)18(22)20-17-11-9-16(10-12-17)19(23)21-13-7-5-6-8-14-21/h9-12,15H,3-8,13-14H2,1-2H3,(H,20,22). The first-order chi connectivity index (χ1) is 11.2. The van der Waals surface area contributed by atoms with Gasteiger partial charge in [0.05, 0.1) is 0 Å². The minimum atomic E-state index is 0.0495. The maximum absolute atomic E-state index is 12.5. The van der Waals surface area contributed by atoms with Crippen molar-refractivity contribution in [2.75, 3.05) is 18.4 Å². The van der Waals surface area contributed by atoms with Crippen LogP contribution in [0.1, 0.15) is 62.7 Å². The largest absolute Gasteiger partial charge is 0.339 e. The highest BCUT2D eigenvalue weighted by molar-refractivity contribution is 5.96. The first-order valence-electron chi connectivity index (χ1n) is 8.86. The molecule has 2 rings (SSSR count). The van der Waals surface area contributed by atoms with Crippen LogP contribution in [0.3, 0.4) is 0 Å². The van der Waals surface area contributed by atoms with E-state index >= 15 is 0 Å². The van der Waals surface area contributed by atoms with Gasteiger partial charge in [0.15, 0.2) is 0 Å². The first-order valence-corrected chi connectivity index (χ1v) is 8.86. The second kappa shape index (κ2) is 8.70. The van der Waals surface area contributed by atoms with Gasteiger partial charge in [-0.1, -0.05) is 26.7 Å². The lowest BCUT2D eigenvalue weighted by atomic mass is 10.0. The van der Waals surface area contributed by atoms with Crippen LogP contribution in [0.15, 0.2) is 24.3 Å².